The first-order valence-electron chi connectivity index (χ1n) is 5.72. The van der Waals surface area contributed by atoms with E-state index in [1.807, 2.05) is 13.1 Å². The van der Waals surface area contributed by atoms with Gasteiger partial charge in [0.05, 0.1) is 0 Å². The summed E-state index contributed by atoms with van der Waals surface area (Å²) in [4.78, 5) is 17.6. The Morgan fingerprint density at radius 3 is 2.81 bits per heavy atom. The number of anilines is 1. The van der Waals surface area contributed by atoms with Gasteiger partial charge in [0, 0.05) is 25.4 Å². The van der Waals surface area contributed by atoms with Crippen molar-refractivity contribution in [3.05, 3.63) is 23.9 Å². The Hall–Kier alpha value is -1.38. The van der Waals surface area contributed by atoms with Crippen LogP contribution in [0.4, 0.5) is 5.82 Å². The topological polar surface area (TPSA) is 33.2 Å². The standard InChI is InChI=1S/C13H20N2O/c1-5-10(2)9-15(4)13-8-12(11(3)16)6-7-14-13/h6-8,10H,5,9H2,1-4H3. The molecule has 0 saturated carbocycles. The molecule has 0 aliphatic heterocycles. The van der Waals surface area contributed by atoms with Crippen LogP contribution in [0.2, 0.25) is 0 Å². The number of nitrogens with zero attached hydrogens (tertiary/aromatic N) is 2. The SMILES string of the molecule is CCC(C)CN(C)c1cc(C(C)=O)ccn1. The molecule has 0 fully saturated rings. The minimum absolute atomic E-state index is 0.0839. The largest absolute Gasteiger partial charge is 0.359 e. The Morgan fingerprint density at radius 1 is 1.56 bits per heavy atom. The Morgan fingerprint density at radius 2 is 2.25 bits per heavy atom. The minimum atomic E-state index is 0.0839. The Bertz CT molecular complexity index is 363. The zero-order chi connectivity index (χ0) is 12.1. The normalized spacial score (nSPS) is 12.2. The molecule has 16 heavy (non-hydrogen) atoms. The van der Waals surface area contributed by atoms with E-state index in [-0.39, 0.29) is 5.78 Å². The van der Waals surface area contributed by atoms with E-state index in [1.54, 1.807) is 19.2 Å². The molecular weight excluding hydrogens is 200 g/mol. The van der Waals surface area contributed by atoms with Crippen LogP contribution < -0.4 is 4.90 Å². The molecule has 0 amide bonds. The predicted octanol–water partition coefficient (Wildman–Crippen LogP) is 2.77. The van der Waals surface area contributed by atoms with E-state index in [4.69, 9.17) is 0 Å². The summed E-state index contributed by atoms with van der Waals surface area (Å²) >= 11 is 0. The highest BCUT2D eigenvalue weighted by atomic mass is 16.1. The van der Waals surface area contributed by atoms with E-state index in [9.17, 15) is 4.79 Å². The molecule has 3 nitrogen and oxygen atoms in total. The van der Waals surface area contributed by atoms with Gasteiger partial charge in [-0.1, -0.05) is 20.3 Å². The van der Waals surface area contributed by atoms with Gasteiger partial charge in [-0.3, -0.25) is 4.79 Å². The third-order valence-electron chi connectivity index (χ3n) is 2.83. The average molecular weight is 220 g/mol. The third kappa shape index (κ3) is 3.33. The molecule has 1 aromatic heterocycles. The van der Waals surface area contributed by atoms with Crippen LogP contribution in [0.5, 0.6) is 0 Å². The van der Waals surface area contributed by atoms with Crippen molar-refractivity contribution in [3.8, 4) is 0 Å². The molecule has 0 aromatic carbocycles. The number of rotatable bonds is 5. The number of hydrogen-bond acceptors (Lipinski definition) is 3. The highest BCUT2D eigenvalue weighted by Crippen LogP contribution is 2.14. The van der Waals surface area contributed by atoms with Gasteiger partial charge in [0.15, 0.2) is 5.78 Å². The van der Waals surface area contributed by atoms with Gasteiger partial charge in [-0.05, 0) is 25.0 Å². The lowest BCUT2D eigenvalue weighted by Crippen LogP contribution is -2.24. The second-order valence-electron chi connectivity index (χ2n) is 4.35. The zero-order valence-electron chi connectivity index (χ0n) is 10.5. The van der Waals surface area contributed by atoms with Crippen LogP contribution in [0.25, 0.3) is 0 Å². The molecule has 3 heteroatoms. The van der Waals surface area contributed by atoms with Crippen molar-refractivity contribution < 1.29 is 4.79 Å². The fourth-order valence-electron chi connectivity index (χ4n) is 1.54. The second kappa shape index (κ2) is 5.64. The monoisotopic (exact) mass is 220 g/mol. The number of carbonyl (C=O) groups excluding carboxylic acids is 1. The summed E-state index contributed by atoms with van der Waals surface area (Å²) in [7, 11) is 2.01. The molecule has 0 spiro atoms. The molecule has 88 valence electrons. The highest BCUT2D eigenvalue weighted by Gasteiger charge is 2.08. The van der Waals surface area contributed by atoms with Crippen LogP contribution in [0, 0.1) is 5.92 Å². The van der Waals surface area contributed by atoms with Gasteiger partial charge in [-0.25, -0.2) is 4.98 Å². The summed E-state index contributed by atoms with van der Waals surface area (Å²) < 4.78 is 0. The molecule has 1 atom stereocenters. The van der Waals surface area contributed by atoms with Crippen molar-refractivity contribution in [2.75, 3.05) is 18.5 Å². The smallest absolute Gasteiger partial charge is 0.159 e. The minimum Gasteiger partial charge on any atom is -0.359 e. The van der Waals surface area contributed by atoms with E-state index >= 15 is 0 Å². The van der Waals surface area contributed by atoms with Gasteiger partial charge >= 0.3 is 0 Å². The number of aromatic nitrogens is 1. The van der Waals surface area contributed by atoms with Gasteiger partial charge in [-0.2, -0.15) is 0 Å². The molecule has 0 aliphatic carbocycles. The van der Waals surface area contributed by atoms with Crippen LogP contribution in [0.1, 0.15) is 37.6 Å². The molecule has 0 radical (unpaired) electrons. The van der Waals surface area contributed by atoms with Gasteiger partial charge in [0.1, 0.15) is 5.82 Å². The van der Waals surface area contributed by atoms with Crippen molar-refractivity contribution in [2.24, 2.45) is 5.92 Å². The Labute approximate surface area is 97.5 Å². The number of hydrogen-bond donors (Lipinski definition) is 0. The van der Waals surface area contributed by atoms with Crippen LogP contribution in [-0.2, 0) is 0 Å². The van der Waals surface area contributed by atoms with E-state index in [2.05, 4.69) is 23.7 Å². The molecule has 0 saturated heterocycles. The van der Waals surface area contributed by atoms with Crippen molar-refractivity contribution >= 4 is 11.6 Å². The summed E-state index contributed by atoms with van der Waals surface area (Å²) in [5.41, 5.74) is 0.723. The van der Waals surface area contributed by atoms with Crippen LogP contribution in [0.3, 0.4) is 0 Å². The fraction of sp³-hybridized carbons (Fsp3) is 0.538. The fourth-order valence-corrected chi connectivity index (χ4v) is 1.54. The zero-order valence-corrected chi connectivity index (χ0v) is 10.5. The summed E-state index contributed by atoms with van der Waals surface area (Å²) in [5, 5.41) is 0. The van der Waals surface area contributed by atoms with Gasteiger partial charge in [0.25, 0.3) is 0 Å². The van der Waals surface area contributed by atoms with E-state index in [1.165, 1.54) is 0 Å². The molecule has 1 unspecified atom stereocenters. The molecule has 0 aliphatic rings. The first-order valence-corrected chi connectivity index (χ1v) is 5.72. The Kier molecular flexibility index (Phi) is 4.47. The maximum atomic E-state index is 11.3. The van der Waals surface area contributed by atoms with Gasteiger partial charge in [-0.15, -0.1) is 0 Å². The summed E-state index contributed by atoms with van der Waals surface area (Å²) in [6, 6.07) is 3.60. The van der Waals surface area contributed by atoms with Crippen molar-refractivity contribution in [1.82, 2.24) is 4.98 Å². The maximum absolute atomic E-state index is 11.3. The molecule has 1 aromatic rings. The average Bonchev–Trinajstić information content (AvgIpc) is 2.28. The molecule has 0 N–H and O–H groups in total. The lowest BCUT2D eigenvalue weighted by atomic mass is 10.1. The number of carbonyl (C=O) groups is 1. The second-order valence-corrected chi connectivity index (χ2v) is 4.35. The lowest BCUT2D eigenvalue weighted by molar-refractivity contribution is 0.101. The van der Waals surface area contributed by atoms with Crippen LogP contribution in [0.15, 0.2) is 18.3 Å². The maximum Gasteiger partial charge on any atom is 0.159 e. The van der Waals surface area contributed by atoms with E-state index < -0.39 is 0 Å². The predicted molar refractivity (Wildman–Crippen MR) is 67.0 cm³/mol. The molecule has 1 rings (SSSR count). The quantitative estimate of drug-likeness (QED) is 0.715. The Balaban J connectivity index is 2.79. The summed E-state index contributed by atoms with van der Waals surface area (Å²) in [6.07, 6.45) is 2.84. The third-order valence-corrected chi connectivity index (χ3v) is 2.83. The summed E-state index contributed by atoms with van der Waals surface area (Å²) in [5.74, 6) is 1.58. The number of Topliss-reactive ketones (excluding diaryl/α,β-unsaturated/α-hetero) is 1. The summed E-state index contributed by atoms with van der Waals surface area (Å²) in [6.45, 7) is 6.93. The molecule has 0 bridgehead atoms. The van der Waals surface area contributed by atoms with Crippen molar-refractivity contribution in [1.29, 1.82) is 0 Å². The molecular formula is C13H20N2O. The van der Waals surface area contributed by atoms with Crippen LogP contribution >= 0.6 is 0 Å². The highest BCUT2D eigenvalue weighted by molar-refractivity contribution is 5.94. The van der Waals surface area contributed by atoms with Crippen molar-refractivity contribution in [3.63, 3.8) is 0 Å². The van der Waals surface area contributed by atoms with Gasteiger partial charge in [0.2, 0.25) is 0 Å². The lowest BCUT2D eigenvalue weighted by Gasteiger charge is -2.21. The molecule has 1 heterocycles. The van der Waals surface area contributed by atoms with E-state index in [0.29, 0.717) is 5.92 Å². The number of pyridine rings is 1. The first-order chi connectivity index (χ1) is 7.54. The van der Waals surface area contributed by atoms with Gasteiger partial charge < -0.3 is 4.90 Å². The van der Waals surface area contributed by atoms with E-state index in [0.717, 1.165) is 24.3 Å². The van der Waals surface area contributed by atoms with Crippen molar-refractivity contribution in [2.45, 2.75) is 27.2 Å². The first kappa shape index (κ1) is 12.7. The number of ketones is 1. The van der Waals surface area contributed by atoms with Crippen LogP contribution in [-0.4, -0.2) is 24.4 Å².